The predicted octanol–water partition coefficient (Wildman–Crippen LogP) is 4.90. The predicted molar refractivity (Wildman–Crippen MR) is 98.0 cm³/mol. The van der Waals surface area contributed by atoms with Gasteiger partial charge in [0, 0.05) is 22.5 Å². The Morgan fingerprint density at radius 3 is 2.50 bits per heavy atom. The van der Waals surface area contributed by atoms with Crippen LogP contribution in [0.2, 0.25) is 10.2 Å². The Kier molecular flexibility index (Phi) is 4.62. The molecule has 0 saturated heterocycles. The summed E-state index contributed by atoms with van der Waals surface area (Å²) in [5, 5.41) is 1.13. The second kappa shape index (κ2) is 6.68. The minimum atomic E-state index is 0.426. The first-order valence-electron chi connectivity index (χ1n) is 7.41. The van der Waals surface area contributed by atoms with Crippen molar-refractivity contribution in [2.45, 2.75) is 20.8 Å². The van der Waals surface area contributed by atoms with Crippen LogP contribution >= 0.6 is 23.2 Å². The van der Waals surface area contributed by atoms with Gasteiger partial charge in [-0.25, -0.2) is 9.97 Å². The van der Waals surface area contributed by atoms with Crippen LogP contribution in [0.3, 0.4) is 0 Å². The van der Waals surface area contributed by atoms with Crippen molar-refractivity contribution in [3.05, 3.63) is 75.0 Å². The highest BCUT2D eigenvalue weighted by atomic mass is 35.5. The van der Waals surface area contributed by atoms with Crippen molar-refractivity contribution in [2.24, 2.45) is 0 Å². The van der Waals surface area contributed by atoms with Crippen LogP contribution in [0.1, 0.15) is 28.3 Å². The Morgan fingerprint density at radius 2 is 1.79 bits per heavy atom. The average Bonchev–Trinajstić information content (AvgIpc) is 2.78. The first-order chi connectivity index (χ1) is 11.4. The van der Waals surface area contributed by atoms with E-state index in [9.17, 15) is 0 Å². The molecule has 0 fully saturated rings. The van der Waals surface area contributed by atoms with Gasteiger partial charge in [-0.1, -0.05) is 29.1 Å². The van der Waals surface area contributed by atoms with Gasteiger partial charge in [0.1, 0.15) is 16.7 Å². The van der Waals surface area contributed by atoms with E-state index in [1.807, 2.05) is 39.0 Å². The fourth-order valence-electron chi connectivity index (χ4n) is 2.60. The van der Waals surface area contributed by atoms with Gasteiger partial charge in [-0.15, -0.1) is 0 Å². The number of halogens is 2. The van der Waals surface area contributed by atoms with Gasteiger partial charge >= 0.3 is 0 Å². The Labute approximate surface area is 151 Å². The smallest absolute Gasteiger partial charge is 0.135 e. The zero-order valence-electron chi connectivity index (χ0n) is 13.6. The molecular formula is C19H15Cl2N3. The van der Waals surface area contributed by atoms with Crippen LogP contribution in [0.15, 0.2) is 36.5 Å². The van der Waals surface area contributed by atoms with E-state index in [4.69, 9.17) is 23.2 Å². The lowest BCUT2D eigenvalue weighted by molar-refractivity contribution is 0.939. The van der Waals surface area contributed by atoms with Gasteiger partial charge < -0.3 is 0 Å². The number of imidazole rings is 1. The molecule has 0 saturated carbocycles. The van der Waals surface area contributed by atoms with Crippen LogP contribution < -0.4 is 0 Å². The molecule has 3 aromatic rings. The number of hydrogen-bond donors (Lipinski definition) is 0. The van der Waals surface area contributed by atoms with Crippen molar-refractivity contribution in [3.8, 4) is 17.5 Å². The maximum absolute atomic E-state index is 6.19. The van der Waals surface area contributed by atoms with Gasteiger partial charge in [0.15, 0.2) is 0 Å². The first-order valence-corrected chi connectivity index (χ1v) is 8.17. The topological polar surface area (TPSA) is 30.7 Å². The third-order valence-electron chi connectivity index (χ3n) is 3.61. The Morgan fingerprint density at radius 1 is 1.00 bits per heavy atom. The standard InChI is InChI=1S/C19H15Cl2N3/c1-12-8-16(20)11-17(9-12)24-13(2)18(23-14(24)3)5-4-15-6-7-22-19(21)10-15/h6-11H,1-3H3. The lowest BCUT2D eigenvalue weighted by Gasteiger charge is -2.09. The highest BCUT2D eigenvalue weighted by molar-refractivity contribution is 6.30. The molecule has 0 atom stereocenters. The minimum absolute atomic E-state index is 0.426. The second-order valence-electron chi connectivity index (χ2n) is 5.53. The lowest BCUT2D eigenvalue weighted by Crippen LogP contribution is -2.00. The number of rotatable bonds is 1. The SMILES string of the molecule is Cc1cc(Cl)cc(-n2c(C)nc(C#Cc3ccnc(Cl)c3)c2C)c1. The van der Waals surface area contributed by atoms with E-state index in [1.54, 1.807) is 12.3 Å². The van der Waals surface area contributed by atoms with E-state index in [0.717, 1.165) is 34.0 Å². The molecule has 0 amide bonds. The van der Waals surface area contributed by atoms with E-state index < -0.39 is 0 Å². The number of aryl methyl sites for hydroxylation is 2. The largest absolute Gasteiger partial charge is 0.300 e. The summed E-state index contributed by atoms with van der Waals surface area (Å²) in [4.78, 5) is 8.53. The van der Waals surface area contributed by atoms with Crippen molar-refractivity contribution in [1.82, 2.24) is 14.5 Å². The summed E-state index contributed by atoms with van der Waals surface area (Å²) in [6.45, 7) is 5.97. The van der Waals surface area contributed by atoms with Crippen molar-refractivity contribution in [3.63, 3.8) is 0 Å². The zero-order valence-corrected chi connectivity index (χ0v) is 15.1. The first kappa shape index (κ1) is 16.6. The quantitative estimate of drug-likeness (QED) is 0.459. The van der Waals surface area contributed by atoms with Crippen molar-refractivity contribution < 1.29 is 0 Å². The summed E-state index contributed by atoms with van der Waals surface area (Å²) in [6.07, 6.45) is 1.64. The summed E-state index contributed by atoms with van der Waals surface area (Å²) in [5.41, 5.74) is 4.60. The fraction of sp³-hybridized carbons (Fsp3) is 0.158. The number of hydrogen-bond acceptors (Lipinski definition) is 2. The van der Waals surface area contributed by atoms with Crippen molar-refractivity contribution >= 4 is 23.2 Å². The maximum Gasteiger partial charge on any atom is 0.135 e. The van der Waals surface area contributed by atoms with Crippen molar-refractivity contribution in [1.29, 1.82) is 0 Å². The number of nitrogens with zero attached hydrogens (tertiary/aromatic N) is 3. The molecule has 120 valence electrons. The molecule has 3 rings (SSSR count). The second-order valence-corrected chi connectivity index (χ2v) is 6.36. The normalized spacial score (nSPS) is 10.4. The molecule has 5 heteroatoms. The molecule has 0 aliphatic heterocycles. The molecule has 0 aliphatic carbocycles. The monoisotopic (exact) mass is 355 g/mol. The van der Waals surface area contributed by atoms with E-state index in [1.165, 1.54) is 0 Å². The van der Waals surface area contributed by atoms with Gasteiger partial charge in [-0.3, -0.25) is 4.57 Å². The molecule has 1 aromatic carbocycles. The molecule has 0 spiro atoms. The Hall–Kier alpha value is -2.28. The van der Waals surface area contributed by atoms with E-state index in [0.29, 0.717) is 10.2 Å². The van der Waals surface area contributed by atoms with Crippen LogP contribution in [-0.2, 0) is 0 Å². The summed E-state index contributed by atoms with van der Waals surface area (Å²) in [7, 11) is 0. The molecule has 0 aliphatic rings. The highest BCUT2D eigenvalue weighted by Crippen LogP contribution is 2.22. The van der Waals surface area contributed by atoms with Gasteiger partial charge in [0.2, 0.25) is 0 Å². The van der Waals surface area contributed by atoms with Gasteiger partial charge in [-0.2, -0.15) is 0 Å². The van der Waals surface area contributed by atoms with Gasteiger partial charge in [0.25, 0.3) is 0 Å². The maximum atomic E-state index is 6.19. The molecule has 0 bridgehead atoms. The number of pyridine rings is 1. The lowest BCUT2D eigenvalue weighted by atomic mass is 10.2. The summed E-state index contributed by atoms with van der Waals surface area (Å²) < 4.78 is 2.06. The van der Waals surface area contributed by atoms with E-state index in [2.05, 4.69) is 32.4 Å². The summed E-state index contributed by atoms with van der Waals surface area (Å²) in [6, 6.07) is 9.48. The molecule has 0 unspecified atom stereocenters. The molecule has 2 aromatic heterocycles. The van der Waals surface area contributed by atoms with Crippen LogP contribution in [0.25, 0.3) is 5.69 Å². The van der Waals surface area contributed by atoms with E-state index in [-0.39, 0.29) is 0 Å². The van der Waals surface area contributed by atoms with Crippen LogP contribution in [-0.4, -0.2) is 14.5 Å². The molecule has 24 heavy (non-hydrogen) atoms. The highest BCUT2D eigenvalue weighted by Gasteiger charge is 2.11. The number of aromatic nitrogens is 3. The van der Waals surface area contributed by atoms with Crippen molar-refractivity contribution in [2.75, 3.05) is 0 Å². The van der Waals surface area contributed by atoms with Gasteiger partial charge in [0.05, 0.1) is 5.69 Å². The molecule has 0 N–H and O–H groups in total. The zero-order chi connectivity index (χ0) is 17.3. The molecule has 0 radical (unpaired) electrons. The van der Waals surface area contributed by atoms with Gasteiger partial charge in [-0.05, 0) is 62.6 Å². The molecule has 2 heterocycles. The Bertz CT molecular complexity index is 958. The number of benzene rings is 1. The molecule has 3 nitrogen and oxygen atoms in total. The van der Waals surface area contributed by atoms with E-state index >= 15 is 0 Å². The average molecular weight is 356 g/mol. The Balaban J connectivity index is 2.04. The third-order valence-corrected chi connectivity index (χ3v) is 4.04. The van der Waals surface area contributed by atoms with Crippen LogP contribution in [0, 0.1) is 32.6 Å². The van der Waals surface area contributed by atoms with Crippen LogP contribution in [0.4, 0.5) is 0 Å². The van der Waals surface area contributed by atoms with Crippen LogP contribution in [0.5, 0.6) is 0 Å². The third kappa shape index (κ3) is 3.46. The summed E-state index contributed by atoms with van der Waals surface area (Å²) >= 11 is 12.1. The fourth-order valence-corrected chi connectivity index (χ4v) is 3.06. The minimum Gasteiger partial charge on any atom is -0.300 e. The summed E-state index contributed by atoms with van der Waals surface area (Å²) in [5.74, 6) is 7.06. The molecular weight excluding hydrogens is 341 g/mol.